The van der Waals surface area contributed by atoms with Crippen molar-refractivity contribution in [3.63, 3.8) is 0 Å². The Balaban J connectivity index is 1.41. The molecule has 4 rings (SSSR count). The zero-order valence-electron chi connectivity index (χ0n) is 21.0. The third-order valence-corrected chi connectivity index (χ3v) is 7.33. The minimum atomic E-state index is -0.0818. The van der Waals surface area contributed by atoms with Crippen LogP contribution in [0.4, 0.5) is 0 Å². The number of nitrogens with one attached hydrogen (secondary N) is 1. The number of aryl methyl sites for hydroxylation is 2. The molecule has 2 heterocycles. The van der Waals surface area contributed by atoms with E-state index in [2.05, 4.69) is 35.1 Å². The van der Waals surface area contributed by atoms with Crippen molar-refractivity contribution >= 4 is 29.1 Å². The van der Waals surface area contributed by atoms with E-state index in [9.17, 15) is 4.79 Å². The van der Waals surface area contributed by atoms with Crippen LogP contribution in [0.2, 0.25) is 10.0 Å². The molecule has 1 N–H and O–H groups in total. The third kappa shape index (κ3) is 7.27. The number of ether oxygens (including phenoxy) is 1. The number of carbonyl (C=O) groups excluding carboxylic acids is 1. The molecule has 2 aromatic carbocycles. The normalized spacial score (nSPS) is 12.5. The zero-order valence-corrected chi connectivity index (χ0v) is 22.5. The largest absolute Gasteiger partial charge is 0.493 e. The molecule has 0 fully saturated rings. The molecular formula is C29H35Cl2N3O2. The minimum Gasteiger partial charge on any atom is -0.493 e. The summed E-state index contributed by atoms with van der Waals surface area (Å²) in [7, 11) is 0. The van der Waals surface area contributed by atoms with Crippen LogP contribution < -0.4 is 10.1 Å². The van der Waals surface area contributed by atoms with Crippen molar-refractivity contribution < 1.29 is 9.53 Å². The Morgan fingerprint density at radius 3 is 2.69 bits per heavy atom. The molecule has 1 amide bonds. The van der Waals surface area contributed by atoms with Crippen LogP contribution >= 0.6 is 23.2 Å². The van der Waals surface area contributed by atoms with Crippen LogP contribution in [-0.2, 0) is 30.7 Å². The van der Waals surface area contributed by atoms with E-state index >= 15 is 0 Å². The van der Waals surface area contributed by atoms with Gasteiger partial charge in [-0.3, -0.25) is 4.79 Å². The number of hydrogen-bond donors (Lipinski definition) is 1. The first-order chi connectivity index (χ1) is 17.5. The number of imidazole rings is 1. The molecule has 1 aromatic heterocycles. The van der Waals surface area contributed by atoms with Crippen LogP contribution in [-0.4, -0.2) is 22.1 Å². The van der Waals surface area contributed by atoms with E-state index in [0.717, 1.165) is 59.8 Å². The number of fused-ring (bicyclic) bond motifs is 1. The highest BCUT2D eigenvalue weighted by Gasteiger charge is 2.16. The highest BCUT2D eigenvalue weighted by atomic mass is 35.5. The summed E-state index contributed by atoms with van der Waals surface area (Å²) in [5.74, 6) is 1.88. The maximum atomic E-state index is 12.7. The summed E-state index contributed by atoms with van der Waals surface area (Å²) in [4.78, 5) is 17.5. The van der Waals surface area contributed by atoms with Crippen LogP contribution in [0.1, 0.15) is 68.8 Å². The maximum absolute atomic E-state index is 12.7. The van der Waals surface area contributed by atoms with E-state index in [0.29, 0.717) is 23.2 Å². The second kappa shape index (κ2) is 13.2. The molecule has 0 saturated heterocycles. The number of rotatable bonds is 13. The molecule has 0 atom stereocenters. The quantitative estimate of drug-likeness (QED) is 0.235. The number of unbranched alkanes of at least 4 members (excludes halogenated alkanes) is 5. The average molecular weight is 529 g/mol. The molecule has 5 nitrogen and oxygen atoms in total. The van der Waals surface area contributed by atoms with Crippen LogP contribution in [0.5, 0.6) is 5.75 Å². The number of hydrogen-bond acceptors (Lipinski definition) is 3. The van der Waals surface area contributed by atoms with E-state index in [1.54, 1.807) is 12.1 Å². The van der Waals surface area contributed by atoms with Gasteiger partial charge < -0.3 is 14.6 Å². The summed E-state index contributed by atoms with van der Waals surface area (Å²) in [6.07, 6.45) is 11.8. The average Bonchev–Trinajstić information content (AvgIpc) is 3.48. The van der Waals surface area contributed by atoms with Gasteiger partial charge in [-0.05, 0) is 48.7 Å². The molecule has 1 aliphatic heterocycles. The first kappa shape index (κ1) is 26.6. The molecule has 0 spiro atoms. The fraction of sp³-hybridized carbons (Fsp3) is 0.448. The Bertz CT molecular complexity index is 1150. The van der Waals surface area contributed by atoms with Gasteiger partial charge in [0.25, 0.3) is 0 Å². The molecule has 0 aliphatic carbocycles. The van der Waals surface area contributed by atoms with Gasteiger partial charge in [0.15, 0.2) is 0 Å². The predicted molar refractivity (Wildman–Crippen MR) is 147 cm³/mol. The number of halogens is 2. The molecule has 1 aliphatic rings. The van der Waals surface area contributed by atoms with Gasteiger partial charge in [0, 0.05) is 36.8 Å². The topological polar surface area (TPSA) is 56.1 Å². The van der Waals surface area contributed by atoms with Gasteiger partial charge in [-0.15, -0.1) is 0 Å². The van der Waals surface area contributed by atoms with Crippen LogP contribution in [0, 0.1) is 0 Å². The minimum absolute atomic E-state index is 0.0818. The lowest BCUT2D eigenvalue weighted by Gasteiger charge is -2.14. The first-order valence-corrected chi connectivity index (χ1v) is 13.8. The summed E-state index contributed by atoms with van der Waals surface area (Å²) in [6, 6.07) is 11.4. The second-order valence-corrected chi connectivity index (χ2v) is 10.3. The summed E-state index contributed by atoms with van der Waals surface area (Å²) >= 11 is 12.1. The van der Waals surface area contributed by atoms with E-state index in [-0.39, 0.29) is 12.3 Å². The van der Waals surface area contributed by atoms with Crippen molar-refractivity contribution in [3.8, 4) is 17.0 Å². The van der Waals surface area contributed by atoms with Gasteiger partial charge in [-0.2, -0.15) is 0 Å². The SMILES string of the molecule is CCCCCCCCOc1ccc(-c2cn3c(n2)CCC3)cc1CNC(=O)Cc1ccc(Cl)c(Cl)c1. The van der Waals surface area contributed by atoms with Gasteiger partial charge in [0.1, 0.15) is 11.6 Å². The van der Waals surface area contributed by atoms with Crippen molar-refractivity contribution in [3.05, 3.63) is 69.6 Å². The predicted octanol–water partition coefficient (Wildman–Crippen LogP) is 7.40. The molecule has 0 saturated carbocycles. The summed E-state index contributed by atoms with van der Waals surface area (Å²) in [5.41, 5.74) is 3.78. The lowest BCUT2D eigenvalue weighted by molar-refractivity contribution is -0.120. The van der Waals surface area contributed by atoms with Crippen LogP contribution in [0.25, 0.3) is 11.3 Å². The van der Waals surface area contributed by atoms with E-state index in [4.69, 9.17) is 32.9 Å². The Morgan fingerprint density at radius 2 is 1.89 bits per heavy atom. The van der Waals surface area contributed by atoms with E-state index in [1.165, 1.54) is 32.1 Å². The summed E-state index contributed by atoms with van der Waals surface area (Å²) in [6.45, 7) is 4.32. The number of benzene rings is 2. The fourth-order valence-corrected chi connectivity index (χ4v) is 4.89. The van der Waals surface area contributed by atoms with Crippen molar-refractivity contribution in [2.45, 2.75) is 77.8 Å². The number of nitrogens with zero attached hydrogens (tertiary/aromatic N) is 2. The fourth-order valence-electron chi connectivity index (χ4n) is 4.57. The van der Waals surface area contributed by atoms with Crippen molar-refractivity contribution in [1.82, 2.24) is 14.9 Å². The molecule has 0 radical (unpaired) electrons. The Kier molecular flexibility index (Phi) is 9.71. The maximum Gasteiger partial charge on any atom is 0.224 e. The van der Waals surface area contributed by atoms with Gasteiger partial charge >= 0.3 is 0 Å². The summed E-state index contributed by atoms with van der Waals surface area (Å²) < 4.78 is 8.40. The highest BCUT2D eigenvalue weighted by Crippen LogP contribution is 2.29. The lowest BCUT2D eigenvalue weighted by Crippen LogP contribution is -2.25. The number of carbonyl (C=O) groups is 1. The van der Waals surface area contributed by atoms with Crippen molar-refractivity contribution in [2.24, 2.45) is 0 Å². The van der Waals surface area contributed by atoms with E-state index in [1.807, 2.05) is 12.1 Å². The molecule has 192 valence electrons. The molecule has 3 aromatic rings. The summed E-state index contributed by atoms with van der Waals surface area (Å²) in [5, 5.41) is 3.98. The van der Waals surface area contributed by atoms with E-state index < -0.39 is 0 Å². The highest BCUT2D eigenvalue weighted by molar-refractivity contribution is 6.42. The molecule has 0 bridgehead atoms. The first-order valence-electron chi connectivity index (χ1n) is 13.1. The van der Waals surface area contributed by atoms with Gasteiger partial charge in [0.2, 0.25) is 5.91 Å². The van der Waals surface area contributed by atoms with Crippen LogP contribution in [0.15, 0.2) is 42.6 Å². The Hall–Kier alpha value is -2.50. The van der Waals surface area contributed by atoms with Crippen molar-refractivity contribution in [1.29, 1.82) is 0 Å². The third-order valence-electron chi connectivity index (χ3n) is 6.59. The standard InChI is InChI=1S/C29H35Cl2N3O2/c1-2-3-4-5-6-7-15-36-27-13-11-22(26-20-34-14-8-9-28(34)33-26)18-23(27)19-32-29(35)17-21-10-12-24(30)25(31)16-21/h10-13,16,18,20H,2-9,14-15,17,19H2,1H3,(H,32,35). The molecule has 7 heteroatoms. The monoisotopic (exact) mass is 527 g/mol. The molecular weight excluding hydrogens is 493 g/mol. The Labute approximate surface area is 224 Å². The number of aromatic nitrogens is 2. The number of amides is 1. The second-order valence-electron chi connectivity index (χ2n) is 9.48. The smallest absolute Gasteiger partial charge is 0.224 e. The lowest BCUT2D eigenvalue weighted by atomic mass is 10.1. The molecule has 0 unspecified atom stereocenters. The van der Waals surface area contributed by atoms with Gasteiger partial charge in [0.05, 0.1) is 28.8 Å². The van der Waals surface area contributed by atoms with Crippen LogP contribution in [0.3, 0.4) is 0 Å². The van der Waals surface area contributed by atoms with Gasteiger partial charge in [-0.1, -0.05) is 68.3 Å². The zero-order chi connectivity index (χ0) is 25.3. The van der Waals surface area contributed by atoms with Gasteiger partial charge in [-0.25, -0.2) is 4.98 Å². The van der Waals surface area contributed by atoms with Crippen molar-refractivity contribution in [2.75, 3.05) is 6.61 Å². The Morgan fingerprint density at radius 1 is 1.06 bits per heavy atom. The molecule has 36 heavy (non-hydrogen) atoms.